The van der Waals surface area contributed by atoms with Crippen LogP contribution in [0.4, 0.5) is 0 Å². The van der Waals surface area contributed by atoms with E-state index in [2.05, 4.69) is 47.0 Å². The van der Waals surface area contributed by atoms with Crippen molar-refractivity contribution in [2.75, 3.05) is 0 Å². The highest BCUT2D eigenvalue weighted by atomic mass is 79.9. The molecule has 0 amide bonds. The van der Waals surface area contributed by atoms with Crippen LogP contribution in [0.2, 0.25) is 0 Å². The van der Waals surface area contributed by atoms with Gasteiger partial charge in [-0.1, -0.05) is 12.1 Å². The maximum Gasteiger partial charge on any atom is 0.141 e. The normalized spacial score (nSPS) is 11.4. The lowest BCUT2D eigenvalue weighted by molar-refractivity contribution is 0.419. The molecule has 0 aliphatic carbocycles. The highest BCUT2D eigenvalue weighted by Gasteiger charge is 2.09. The molecule has 1 heterocycles. The lowest BCUT2D eigenvalue weighted by Gasteiger charge is -2.20. The fraction of sp³-hybridized carbons (Fsp3) is 0.312. The van der Waals surface area contributed by atoms with Gasteiger partial charge in [0, 0.05) is 24.3 Å². The van der Waals surface area contributed by atoms with Crippen LogP contribution in [0.15, 0.2) is 47.1 Å². The van der Waals surface area contributed by atoms with E-state index >= 15 is 0 Å². The Labute approximate surface area is 128 Å². The summed E-state index contributed by atoms with van der Waals surface area (Å²) in [4.78, 5) is 4.35. The molecule has 0 atom stereocenters. The summed E-state index contributed by atoms with van der Waals surface area (Å²) in [6.07, 6.45) is 1.77. The maximum atomic E-state index is 5.87. The van der Waals surface area contributed by atoms with E-state index in [0.717, 1.165) is 28.2 Å². The molecule has 2 aromatic rings. The third-order valence-corrected chi connectivity index (χ3v) is 3.31. The second-order valence-electron chi connectivity index (χ2n) is 5.62. The summed E-state index contributed by atoms with van der Waals surface area (Å²) in [6, 6.07) is 11.6. The molecular weight excluding hydrogens is 316 g/mol. The SMILES string of the molecule is CC(C)(C)NCc1cc(Oc2ccccc2Br)ccn1. The number of nitrogens with one attached hydrogen (secondary N) is 1. The third-order valence-electron chi connectivity index (χ3n) is 2.65. The topological polar surface area (TPSA) is 34.1 Å². The van der Waals surface area contributed by atoms with Gasteiger partial charge in [0.1, 0.15) is 11.5 Å². The van der Waals surface area contributed by atoms with E-state index in [1.807, 2.05) is 36.4 Å². The van der Waals surface area contributed by atoms with Crippen LogP contribution >= 0.6 is 15.9 Å². The van der Waals surface area contributed by atoms with E-state index in [1.54, 1.807) is 6.20 Å². The quantitative estimate of drug-likeness (QED) is 0.892. The molecule has 0 saturated heterocycles. The van der Waals surface area contributed by atoms with Crippen molar-refractivity contribution >= 4 is 15.9 Å². The highest BCUT2D eigenvalue weighted by Crippen LogP contribution is 2.29. The molecule has 4 heteroatoms. The van der Waals surface area contributed by atoms with Crippen molar-refractivity contribution in [2.24, 2.45) is 0 Å². The Morgan fingerprint density at radius 2 is 1.95 bits per heavy atom. The number of nitrogens with zero attached hydrogens (tertiary/aromatic N) is 1. The van der Waals surface area contributed by atoms with E-state index in [0.29, 0.717) is 0 Å². The summed E-state index contributed by atoms with van der Waals surface area (Å²) in [5, 5.41) is 3.41. The van der Waals surface area contributed by atoms with Crippen LogP contribution < -0.4 is 10.1 Å². The van der Waals surface area contributed by atoms with Gasteiger partial charge in [0.2, 0.25) is 0 Å². The Morgan fingerprint density at radius 3 is 2.65 bits per heavy atom. The van der Waals surface area contributed by atoms with Crippen LogP contribution in [0.5, 0.6) is 11.5 Å². The van der Waals surface area contributed by atoms with Crippen LogP contribution in [0.1, 0.15) is 26.5 Å². The van der Waals surface area contributed by atoms with Gasteiger partial charge in [0.05, 0.1) is 10.2 Å². The van der Waals surface area contributed by atoms with Crippen LogP contribution in [-0.4, -0.2) is 10.5 Å². The Morgan fingerprint density at radius 1 is 1.20 bits per heavy atom. The third kappa shape index (κ3) is 4.62. The van der Waals surface area contributed by atoms with Gasteiger partial charge in [0.15, 0.2) is 0 Å². The Hall–Kier alpha value is -1.39. The smallest absolute Gasteiger partial charge is 0.141 e. The number of benzene rings is 1. The van der Waals surface area contributed by atoms with Crippen LogP contribution in [-0.2, 0) is 6.54 Å². The number of hydrogen-bond acceptors (Lipinski definition) is 3. The van der Waals surface area contributed by atoms with Crippen molar-refractivity contribution in [1.29, 1.82) is 0 Å². The largest absolute Gasteiger partial charge is 0.456 e. The number of aromatic nitrogens is 1. The molecule has 0 spiro atoms. The van der Waals surface area contributed by atoms with Gasteiger partial charge >= 0.3 is 0 Å². The number of hydrogen-bond donors (Lipinski definition) is 1. The second kappa shape index (κ2) is 6.37. The summed E-state index contributed by atoms with van der Waals surface area (Å²) in [5.74, 6) is 1.59. The summed E-state index contributed by atoms with van der Waals surface area (Å²) in [7, 11) is 0. The number of rotatable bonds is 4. The zero-order chi connectivity index (χ0) is 14.6. The van der Waals surface area contributed by atoms with Crippen molar-refractivity contribution in [2.45, 2.75) is 32.9 Å². The summed E-state index contributed by atoms with van der Waals surface area (Å²) < 4.78 is 6.80. The lowest BCUT2D eigenvalue weighted by Crippen LogP contribution is -2.35. The van der Waals surface area contributed by atoms with Gasteiger partial charge in [-0.25, -0.2) is 0 Å². The average Bonchev–Trinajstić information content (AvgIpc) is 2.39. The first-order valence-corrected chi connectivity index (χ1v) is 7.36. The predicted octanol–water partition coefficient (Wildman–Crippen LogP) is 4.52. The van der Waals surface area contributed by atoms with E-state index in [1.165, 1.54) is 0 Å². The van der Waals surface area contributed by atoms with E-state index in [4.69, 9.17) is 4.74 Å². The van der Waals surface area contributed by atoms with Gasteiger partial charge in [-0.3, -0.25) is 4.98 Å². The minimum atomic E-state index is 0.0704. The fourth-order valence-electron chi connectivity index (χ4n) is 1.63. The first-order valence-electron chi connectivity index (χ1n) is 6.56. The van der Waals surface area contributed by atoms with Crippen molar-refractivity contribution < 1.29 is 4.74 Å². The molecule has 0 unspecified atom stereocenters. The van der Waals surface area contributed by atoms with Crippen LogP contribution in [0.3, 0.4) is 0 Å². The summed E-state index contributed by atoms with van der Waals surface area (Å²) >= 11 is 3.48. The first kappa shape index (κ1) is 15.0. The Kier molecular flexibility index (Phi) is 4.78. The zero-order valence-corrected chi connectivity index (χ0v) is 13.6. The molecule has 1 aromatic carbocycles. The number of halogens is 1. The molecule has 0 aliphatic rings. The summed E-state index contributed by atoms with van der Waals surface area (Å²) in [5.41, 5.74) is 1.03. The predicted molar refractivity (Wildman–Crippen MR) is 85.0 cm³/mol. The van der Waals surface area contributed by atoms with Gasteiger partial charge in [-0.2, -0.15) is 0 Å². The summed E-state index contributed by atoms with van der Waals surface area (Å²) in [6.45, 7) is 7.12. The molecule has 20 heavy (non-hydrogen) atoms. The molecule has 1 aromatic heterocycles. The molecule has 106 valence electrons. The molecule has 1 N–H and O–H groups in total. The minimum Gasteiger partial charge on any atom is -0.456 e. The average molecular weight is 335 g/mol. The lowest BCUT2D eigenvalue weighted by atomic mass is 10.1. The van der Waals surface area contributed by atoms with Crippen molar-refractivity contribution in [3.8, 4) is 11.5 Å². The molecule has 0 radical (unpaired) electrons. The number of pyridine rings is 1. The minimum absolute atomic E-state index is 0.0704. The van der Waals surface area contributed by atoms with Gasteiger partial charge in [-0.15, -0.1) is 0 Å². The monoisotopic (exact) mass is 334 g/mol. The molecule has 0 saturated carbocycles. The molecule has 0 fully saturated rings. The van der Waals surface area contributed by atoms with Crippen LogP contribution in [0, 0.1) is 0 Å². The molecular formula is C16H19BrN2O. The zero-order valence-electron chi connectivity index (χ0n) is 12.0. The van der Waals surface area contributed by atoms with Crippen LogP contribution in [0.25, 0.3) is 0 Å². The molecule has 2 rings (SSSR count). The van der Waals surface area contributed by atoms with E-state index < -0.39 is 0 Å². The molecule has 0 bridgehead atoms. The van der Waals surface area contributed by atoms with Gasteiger partial charge in [-0.05, 0) is 54.9 Å². The number of ether oxygens (including phenoxy) is 1. The molecule has 3 nitrogen and oxygen atoms in total. The second-order valence-corrected chi connectivity index (χ2v) is 6.47. The molecule has 0 aliphatic heterocycles. The van der Waals surface area contributed by atoms with E-state index in [-0.39, 0.29) is 5.54 Å². The van der Waals surface area contributed by atoms with E-state index in [9.17, 15) is 0 Å². The fourth-order valence-corrected chi connectivity index (χ4v) is 1.99. The van der Waals surface area contributed by atoms with Crippen molar-refractivity contribution in [1.82, 2.24) is 10.3 Å². The highest BCUT2D eigenvalue weighted by molar-refractivity contribution is 9.10. The Balaban J connectivity index is 2.08. The van der Waals surface area contributed by atoms with Crippen molar-refractivity contribution in [3.63, 3.8) is 0 Å². The van der Waals surface area contributed by atoms with Crippen molar-refractivity contribution in [3.05, 3.63) is 52.8 Å². The maximum absolute atomic E-state index is 5.87. The number of para-hydroxylation sites is 1. The standard InChI is InChI=1S/C16H19BrN2O/c1-16(2,3)19-11-12-10-13(8-9-18-12)20-15-7-5-4-6-14(15)17/h4-10,19H,11H2,1-3H3. The first-order chi connectivity index (χ1) is 9.44. The van der Waals surface area contributed by atoms with Gasteiger partial charge in [0.25, 0.3) is 0 Å². The Bertz CT molecular complexity index is 579. The van der Waals surface area contributed by atoms with Gasteiger partial charge < -0.3 is 10.1 Å².